The van der Waals surface area contributed by atoms with E-state index in [-0.39, 0.29) is 6.42 Å². The van der Waals surface area contributed by atoms with Crippen LogP contribution >= 0.6 is 22.6 Å². The lowest BCUT2D eigenvalue weighted by molar-refractivity contribution is -0.137. The summed E-state index contributed by atoms with van der Waals surface area (Å²) in [5.41, 5.74) is 1.12. The summed E-state index contributed by atoms with van der Waals surface area (Å²) in [5.74, 6) is -0.718. The highest BCUT2D eigenvalue weighted by molar-refractivity contribution is 14.1. The quantitative estimate of drug-likeness (QED) is 0.626. The summed E-state index contributed by atoms with van der Waals surface area (Å²) in [6.45, 7) is 0.827. The topological polar surface area (TPSA) is 49.3 Å². The molecular weight excluding hydrogens is 305 g/mol. The van der Waals surface area contributed by atoms with E-state index in [0.29, 0.717) is 0 Å². The lowest BCUT2D eigenvalue weighted by atomic mass is 10.2. The van der Waals surface area contributed by atoms with Gasteiger partial charge in [0.15, 0.2) is 0 Å². The largest absolute Gasteiger partial charge is 0.481 e. The number of nitrogens with one attached hydrogen (secondary N) is 1. The van der Waals surface area contributed by atoms with Crippen LogP contribution in [0.1, 0.15) is 19.3 Å². The average molecular weight is 319 g/mol. The molecule has 3 nitrogen and oxygen atoms in total. The molecule has 0 unspecified atom stereocenters. The van der Waals surface area contributed by atoms with E-state index in [9.17, 15) is 4.79 Å². The minimum atomic E-state index is -0.718. The number of para-hydroxylation sites is 1. The number of hydrogen-bond acceptors (Lipinski definition) is 2. The fourth-order valence-electron chi connectivity index (χ4n) is 1.23. The van der Waals surface area contributed by atoms with Gasteiger partial charge in [-0.2, -0.15) is 0 Å². The number of carboxylic acid groups (broad SMARTS) is 1. The van der Waals surface area contributed by atoms with Gasteiger partial charge in [-0.05, 0) is 47.6 Å². The van der Waals surface area contributed by atoms with Crippen molar-refractivity contribution in [3.63, 3.8) is 0 Å². The predicted molar refractivity (Wildman–Crippen MR) is 69.1 cm³/mol. The highest BCUT2D eigenvalue weighted by Crippen LogP contribution is 2.16. The molecule has 1 rings (SSSR count). The molecule has 0 aliphatic rings. The van der Waals surface area contributed by atoms with Crippen LogP contribution in [0, 0.1) is 3.57 Å². The Labute approximate surface area is 103 Å². The molecule has 1 aromatic carbocycles. The van der Waals surface area contributed by atoms with Crippen molar-refractivity contribution in [1.29, 1.82) is 0 Å². The summed E-state index contributed by atoms with van der Waals surface area (Å²) in [6.07, 6.45) is 1.87. The molecule has 0 aliphatic carbocycles. The van der Waals surface area contributed by atoms with Gasteiger partial charge in [0.25, 0.3) is 0 Å². The van der Waals surface area contributed by atoms with E-state index in [0.717, 1.165) is 25.1 Å². The van der Waals surface area contributed by atoms with E-state index in [1.54, 1.807) is 0 Å². The summed E-state index contributed by atoms with van der Waals surface area (Å²) < 4.78 is 1.19. The number of anilines is 1. The highest BCUT2D eigenvalue weighted by Gasteiger charge is 1.98. The number of rotatable bonds is 6. The van der Waals surface area contributed by atoms with Gasteiger partial charge < -0.3 is 10.4 Å². The first-order chi connectivity index (χ1) is 7.20. The summed E-state index contributed by atoms with van der Waals surface area (Å²) in [6, 6.07) is 8.05. The van der Waals surface area contributed by atoms with Gasteiger partial charge in [0.1, 0.15) is 0 Å². The van der Waals surface area contributed by atoms with Gasteiger partial charge in [-0.3, -0.25) is 4.79 Å². The fraction of sp³-hybridized carbons (Fsp3) is 0.364. The van der Waals surface area contributed by atoms with E-state index in [1.165, 1.54) is 3.57 Å². The van der Waals surface area contributed by atoms with Crippen molar-refractivity contribution in [1.82, 2.24) is 0 Å². The molecule has 0 saturated carbocycles. The van der Waals surface area contributed by atoms with Crippen LogP contribution in [-0.4, -0.2) is 17.6 Å². The second-order valence-corrected chi connectivity index (χ2v) is 4.42. The zero-order valence-electron chi connectivity index (χ0n) is 8.37. The van der Waals surface area contributed by atoms with Gasteiger partial charge in [-0.15, -0.1) is 0 Å². The van der Waals surface area contributed by atoms with Crippen LogP contribution in [0.4, 0.5) is 5.69 Å². The standard InChI is InChI=1S/C11H14INO2/c12-9-5-1-2-6-10(9)13-8-4-3-7-11(14)15/h1-2,5-6,13H,3-4,7-8H2,(H,14,15). The van der Waals surface area contributed by atoms with Gasteiger partial charge in [0.05, 0.1) is 0 Å². The van der Waals surface area contributed by atoms with Crippen molar-refractivity contribution in [2.24, 2.45) is 0 Å². The maximum atomic E-state index is 10.3. The van der Waals surface area contributed by atoms with Crippen LogP contribution in [0.5, 0.6) is 0 Å². The summed E-state index contributed by atoms with van der Waals surface area (Å²) >= 11 is 2.28. The number of hydrogen-bond donors (Lipinski definition) is 2. The van der Waals surface area contributed by atoms with Gasteiger partial charge in [-0.1, -0.05) is 12.1 Å². The van der Waals surface area contributed by atoms with Gasteiger partial charge in [0, 0.05) is 22.2 Å². The molecule has 0 aliphatic heterocycles. The molecule has 15 heavy (non-hydrogen) atoms. The molecule has 0 fully saturated rings. The molecular formula is C11H14INO2. The van der Waals surface area contributed by atoms with Crippen LogP contribution in [0.25, 0.3) is 0 Å². The number of unbranched alkanes of at least 4 members (excludes halogenated alkanes) is 1. The number of carbonyl (C=O) groups is 1. The van der Waals surface area contributed by atoms with Gasteiger partial charge >= 0.3 is 5.97 Å². The fourth-order valence-corrected chi connectivity index (χ4v) is 1.81. The van der Waals surface area contributed by atoms with E-state index < -0.39 is 5.97 Å². The Morgan fingerprint density at radius 3 is 2.73 bits per heavy atom. The van der Waals surface area contributed by atoms with Crippen LogP contribution in [0.15, 0.2) is 24.3 Å². The lowest BCUT2D eigenvalue weighted by Crippen LogP contribution is -2.04. The highest BCUT2D eigenvalue weighted by atomic mass is 127. The number of aliphatic carboxylic acids is 1. The Morgan fingerprint density at radius 2 is 2.07 bits per heavy atom. The minimum absolute atomic E-state index is 0.258. The SMILES string of the molecule is O=C(O)CCCCNc1ccccc1I. The maximum absolute atomic E-state index is 10.3. The Morgan fingerprint density at radius 1 is 1.33 bits per heavy atom. The van der Waals surface area contributed by atoms with Crippen molar-refractivity contribution in [2.45, 2.75) is 19.3 Å². The second-order valence-electron chi connectivity index (χ2n) is 3.26. The van der Waals surface area contributed by atoms with Crippen molar-refractivity contribution >= 4 is 34.2 Å². The first-order valence-electron chi connectivity index (χ1n) is 4.90. The molecule has 0 atom stereocenters. The summed E-state index contributed by atoms with van der Waals surface area (Å²) in [4.78, 5) is 10.3. The van der Waals surface area contributed by atoms with Crippen LogP contribution < -0.4 is 5.32 Å². The van der Waals surface area contributed by atoms with Crippen molar-refractivity contribution in [3.05, 3.63) is 27.8 Å². The van der Waals surface area contributed by atoms with Gasteiger partial charge in [-0.25, -0.2) is 0 Å². The average Bonchev–Trinajstić information content (AvgIpc) is 2.20. The minimum Gasteiger partial charge on any atom is -0.481 e. The number of halogens is 1. The second kappa shape index (κ2) is 6.66. The molecule has 82 valence electrons. The maximum Gasteiger partial charge on any atom is 0.303 e. The van der Waals surface area contributed by atoms with E-state index >= 15 is 0 Å². The molecule has 0 bridgehead atoms. The van der Waals surface area contributed by atoms with E-state index in [2.05, 4.69) is 27.9 Å². The van der Waals surface area contributed by atoms with Gasteiger partial charge in [0.2, 0.25) is 0 Å². The van der Waals surface area contributed by atoms with E-state index in [4.69, 9.17) is 5.11 Å². The van der Waals surface area contributed by atoms with Crippen LogP contribution in [0.2, 0.25) is 0 Å². The Kier molecular flexibility index (Phi) is 5.45. The van der Waals surface area contributed by atoms with Crippen molar-refractivity contribution in [3.8, 4) is 0 Å². The third-order valence-electron chi connectivity index (χ3n) is 2.01. The molecule has 4 heteroatoms. The third kappa shape index (κ3) is 5.01. The Balaban J connectivity index is 2.21. The zero-order valence-corrected chi connectivity index (χ0v) is 10.5. The van der Waals surface area contributed by atoms with Crippen molar-refractivity contribution < 1.29 is 9.90 Å². The lowest BCUT2D eigenvalue weighted by Gasteiger charge is -2.07. The summed E-state index contributed by atoms with van der Waals surface area (Å²) in [5, 5.41) is 11.7. The molecule has 0 radical (unpaired) electrons. The smallest absolute Gasteiger partial charge is 0.303 e. The third-order valence-corrected chi connectivity index (χ3v) is 2.95. The van der Waals surface area contributed by atoms with Crippen molar-refractivity contribution in [2.75, 3.05) is 11.9 Å². The zero-order chi connectivity index (χ0) is 11.1. The molecule has 1 aromatic rings. The number of carboxylic acids is 1. The molecule has 0 aromatic heterocycles. The Bertz CT molecular complexity index is 328. The first kappa shape index (κ1) is 12.3. The predicted octanol–water partition coefficient (Wildman–Crippen LogP) is 2.96. The number of benzene rings is 1. The normalized spacial score (nSPS) is 9.93. The molecule has 2 N–H and O–H groups in total. The van der Waals surface area contributed by atoms with Crippen LogP contribution in [0.3, 0.4) is 0 Å². The molecule has 0 amide bonds. The first-order valence-corrected chi connectivity index (χ1v) is 5.98. The molecule has 0 saturated heterocycles. The summed E-state index contributed by atoms with van der Waals surface area (Å²) in [7, 11) is 0. The molecule has 0 spiro atoms. The monoisotopic (exact) mass is 319 g/mol. The van der Waals surface area contributed by atoms with E-state index in [1.807, 2.05) is 24.3 Å². The Hall–Kier alpha value is -0.780. The molecule has 0 heterocycles. The van der Waals surface area contributed by atoms with Crippen LogP contribution in [-0.2, 0) is 4.79 Å².